The van der Waals surface area contributed by atoms with E-state index in [-0.39, 0.29) is 10.3 Å². The SMILES string of the molecule is Cc1nn(C)c2nc(CN(C)/C(=N/C#N)N(C)c3cc(Cl)nc(Cl)c3)cc(C(C)C)c12. The summed E-state index contributed by atoms with van der Waals surface area (Å²) < 4.78 is 1.80. The molecule has 0 radical (unpaired) electrons. The van der Waals surface area contributed by atoms with Crippen LogP contribution in [0.25, 0.3) is 11.0 Å². The highest BCUT2D eigenvalue weighted by Gasteiger charge is 2.20. The molecule has 31 heavy (non-hydrogen) atoms. The van der Waals surface area contributed by atoms with Gasteiger partial charge in [0.25, 0.3) is 0 Å². The van der Waals surface area contributed by atoms with Gasteiger partial charge in [-0.1, -0.05) is 37.0 Å². The van der Waals surface area contributed by atoms with Gasteiger partial charge in [0.1, 0.15) is 10.3 Å². The number of aryl methyl sites for hydroxylation is 2. The Morgan fingerprint density at radius 3 is 2.42 bits per heavy atom. The highest BCUT2D eigenvalue weighted by atomic mass is 35.5. The minimum Gasteiger partial charge on any atom is -0.339 e. The van der Waals surface area contributed by atoms with Gasteiger partial charge in [0, 0.05) is 32.2 Å². The first kappa shape index (κ1) is 22.8. The molecule has 0 atom stereocenters. The molecule has 162 valence electrons. The van der Waals surface area contributed by atoms with Gasteiger partial charge in [-0.25, -0.2) is 9.97 Å². The smallest absolute Gasteiger partial charge is 0.216 e. The van der Waals surface area contributed by atoms with Crippen molar-refractivity contribution in [2.45, 2.75) is 33.2 Å². The Morgan fingerprint density at radius 2 is 1.84 bits per heavy atom. The van der Waals surface area contributed by atoms with Crippen LogP contribution in [0, 0.1) is 18.4 Å². The summed E-state index contributed by atoms with van der Waals surface area (Å²) >= 11 is 12.1. The summed E-state index contributed by atoms with van der Waals surface area (Å²) in [5.74, 6) is 0.739. The van der Waals surface area contributed by atoms with Crippen molar-refractivity contribution in [2.75, 3.05) is 19.0 Å². The van der Waals surface area contributed by atoms with Crippen LogP contribution in [0.1, 0.15) is 36.7 Å². The molecule has 3 heterocycles. The molecule has 0 aromatic carbocycles. The van der Waals surface area contributed by atoms with Crippen molar-refractivity contribution >= 4 is 45.9 Å². The lowest BCUT2D eigenvalue weighted by molar-refractivity contribution is 0.484. The summed E-state index contributed by atoms with van der Waals surface area (Å²) in [5.41, 5.74) is 4.52. The lowest BCUT2D eigenvalue weighted by Gasteiger charge is -2.28. The quantitative estimate of drug-likeness (QED) is 0.247. The second kappa shape index (κ2) is 9.08. The molecule has 10 heteroatoms. The van der Waals surface area contributed by atoms with E-state index >= 15 is 0 Å². The zero-order valence-corrected chi connectivity index (χ0v) is 19.9. The average molecular weight is 459 g/mol. The number of hydrogen-bond donors (Lipinski definition) is 0. The number of fused-ring (bicyclic) bond motifs is 1. The monoisotopic (exact) mass is 458 g/mol. The third-order valence-electron chi connectivity index (χ3n) is 5.00. The minimum atomic E-state index is 0.258. The van der Waals surface area contributed by atoms with Gasteiger partial charge in [-0.3, -0.25) is 4.68 Å². The first-order chi connectivity index (χ1) is 14.6. The van der Waals surface area contributed by atoms with Gasteiger partial charge in [0.2, 0.25) is 12.2 Å². The van der Waals surface area contributed by atoms with E-state index in [2.05, 4.69) is 35.0 Å². The van der Waals surface area contributed by atoms with E-state index in [1.54, 1.807) is 28.8 Å². The summed E-state index contributed by atoms with van der Waals surface area (Å²) in [6.07, 6.45) is 1.87. The van der Waals surface area contributed by atoms with E-state index in [4.69, 9.17) is 28.2 Å². The number of pyridine rings is 2. The zero-order valence-electron chi connectivity index (χ0n) is 18.4. The predicted octanol–water partition coefficient (Wildman–Crippen LogP) is 4.51. The molecule has 0 saturated heterocycles. The van der Waals surface area contributed by atoms with Crippen LogP contribution in [0.3, 0.4) is 0 Å². The predicted molar refractivity (Wildman–Crippen MR) is 125 cm³/mol. The second-order valence-electron chi connectivity index (χ2n) is 7.66. The molecule has 0 fully saturated rings. The van der Waals surface area contributed by atoms with Gasteiger partial charge in [-0.05, 0) is 36.6 Å². The number of nitriles is 1. The van der Waals surface area contributed by atoms with Crippen molar-refractivity contribution in [3.8, 4) is 6.19 Å². The molecule has 0 bridgehead atoms. The van der Waals surface area contributed by atoms with Crippen LogP contribution in [-0.4, -0.2) is 44.7 Å². The molecule has 0 N–H and O–H groups in total. The normalized spacial score (nSPS) is 11.8. The molecule has 0 aliphatic rings. The largest absolute Gasteiger partial charge is 0.339 e. The highest BCUT2D eigenvalue weighted by Crippen LogP contribution is 2.28. The lowest BCUT2D eigenvalue weighted by Crippen LogP contribution is -2.40. The van der Waals surface area contributed by atoms with E-state index in [0.29, 0.717) is 24.1 Å². The van der Waals surface area contributed by atoms with Gasteiger partial charge in [0.05, 0.1) is 17.9 Å². The fourth-order valence-corrected chi connectivity index (χ4v) is 4.05. The van der Waals surface area contributed by atoms with Crippen LogP contribution >= 0.6 is 23.2 Å². The minimum absolute atomic E-state index is 0.258. The van der Waals surface area contributed by atoms with E-state index in [1.165, 1.54) is 5.56 Å². The van der Waals surface area contributed by atoms with Gasteiger partial charge < -0.3 is 9.80 Å². The summed E-state index contributed by atoms with van der Waals surface area (Å²) in [5, 5.41) is 15.4. The first-order valence-corrected chi connectivity index (χ1v) is 10.5. The topological polar surface area (TPSA) is 86.2 Å². The van der Waals surface area contributed by atoms with Crippen LogP contribution in [0.2, 0.25) is 10.3 Å². The van der Waals surface area contributed by atoms with Crippen molar-refractivity contribution in [1.29, 1.82) is 5.26 Å². The highest BCUT2D eigenvalue weighted by molar-refractivity contribution is 6.33. The van der Waals surface area contributed by atoms with Crippen molar-refractivity contribution < 1.29 is 0 Å². The van der Waals surface area contributed by atoms with Crippen molar-refractivity contribution in [3.63, 3.8) is 0 Å². The van der Waals surface area contributed by atoms with Crippen LogP contribution in [0.5, 0.6) is 0 Å². The molecule has 0 amide bonds. The number of rotatable bonds is 4. The van der Waals surface area contributed by atoms with Crippen molar-refractivity contribution in [3.05, 3.63) is 45.5 Å². The Balaban J connectivity index is 1.99. The molecule has 0 spiro atoms. The van der Waals surface area contributed by atoms with E-state index in [9.17, 15) is 5.26 Å². The Morgan fingerprint density at radius 1 is 1.19 bits per heavy atom. The Kier molecular flexibility index (Phi) is 6.68. The third kappa shape index (κ3) is 4.73. The summed E-state index contributed by atoms with van der Waals surface area (Å²) in [4.78, 5) is 16.4. The molecule has 3 rings (SSSR count). The first-order valence-electron chi connectivity index (χ1n) is 9.70. The maximum atomic E-state index is 9.27. The number of aliphatic imine (C=N–C) groups is 1. The molecule has 0 aliphatic carbocycles. The van der Waals surface area contributed by atoms with E-state index in [0.717, 1.165) is 22.4 Å². The summed E-state index contributed by atoms with van der Waals surface area (Å²) in [6, 6.07) is 5.42. The maximum absolute atomic E-state index is 9.27. The number of guanidine groups is 1. The maximum Gasteiger partial charge on any atom is 0.216 e. The number of anilines is 1. The van der Waals surface area contributed by atoms with E-state index < -0.39 is 0 Å². The fraction of sp³-hybridized carbons (Fsp3) is 0.381. The Bertz CT molecular complexity index is 1170. The van der Waals surface area contributed by atoms with Gasteiger partial charge in [-0.15, -0.1) is 4.99 Å². The van der Waals surface area contributed by atoms with Crippen LogP contribution in [0.15, 0.2) is 23.2 Å². The van der Waals surface area contributed by atoms with E-state index in [1.807, 2.05) is 32.1 Å². The van der Waals surface area contributed by atoms with Gasteiger partial charge in [0.15, 0.2) is 5.65 Å². The molecule has 0 saturated carbocycles. The lowest BCUT2D eigenvalue weighted by atomic mass is 9.99. The van der Waals surface area contributed by atoms with Gasteiger partial charge in [-0.2, -0.15) is 10.4 Å². The zero-order chi connectivity index (χ0) is 22.9. The van der Waals surface area contributed by atoms with Crippen LogP contribution in [-0.2, 0) is 13.6 Å². The standard InChI is InChI=1S/C21H24Cl2N8/c1-12(2)16-7-14(26-20-19(16)13(3)28-31(20)6)10-29(4)21(25-11-24)30(5)15-8-17(22)27-18(23)9-15/h7-9,12H,10H2,1-6H3/b25-21-. The van der Waals surface area contributed by atoms with Crippen LogP contribution < -0.4 is 4.90 Å². The average Bonchev–Trinajstić information content (AvgIpc) is 2.97. The molecule has 3 aromatic heterocycles. The Hall–Kier alpha value is -2.89. The van der Waals surface area contributed by atoms with Crippen molar-refractivity contribution in [2.24, 2.45) is 12.0 Å². The third-order valence-corrected chi connectivity index (χ3v) is 5.39. The molecule has 8 nitrogen and oxygen atoms in total. The second-order valence-corrected chi connectivity index (χ2v) is 8.44. The molecular formula is C21H24Cl2N8. The number of hydrogen-bond acceptors (Lipinski definition) is 5. The molecule has 0 unspecified atom stereocenters. The fourth-order valence-electron chi connectivity index (χ4n) is 3.60. The molecule has 0 aliphatic heterocycles. The number of halogens is 2. The summed E-state index contributed by atoms with van der Waals surface area (Å²) in [6.45, 7) is 6.75. The Labute approximate surface area is 191 Å². The van der Waals surface area contributed by atoms with Crippen LogP contribution in [0.4, 0.5) is 5.69 Å². The molecular weight excluding hydrogens is 435 g/mol. The molecule has 3 aromatic rings. The summed E-state index contributed by atoms with van der Waals surface area (Å²) in [7, 11) is 5.54. The number of aromatic nitrogens is 4. The number of nitrogens with zero attached hydrogens (tertiary/aromatic N) is 8. The van der Waals surface area contributed by atoms with Gasteiger partial charge >= 0.3 is 0 Å². The van der Waals surface area contributed by atoms with Crippen molar-refractivity contribution in [1.82, 2.24) is 24.6 Å².